The summed E-state index contributed by atoms with van der Waals surface area (Å²) in [5.41, 5.74) is -0.434. The zero-order chi connectivity index (χ0) is 13.7. The molecule has 2 aliphatic rings. The van der Waals surface area contributed by atoms with Crippen molar-refractivity contribution in [1.82, 2.24) is 10.2 Å². The first kappa shape index (κ1) is 14.8. The van der Waals surface area contributed by atoms with Crippen LogP contribution < -0.4 is 5.32 Å². The molecule has 110 valence electrons. The van der Waals surface area contributed by atoms with Gasteiger partial charge < -0.3 is 15.0 Å². The van der Waals surface area contributed by atoms with Crippen LogP contribution in [0.1, 0.15) is 52.4 Å². The molecule has 0 aromatic heterocycles. The SMILES string of the molecule is CCNC1(C(=O)OCC)CCCC(N2CCCC2)C1. The van der Waals surface area contributed by atoms with Gasteiger partial charge in [0.15, 0.2) is 0 Å². The van der Waals surface area contributed by atoms with Crippen molar-refractivity contribution in [1.29, 1.82) is 0 Å². The minimum Gasteiger partial charge on any atom is -0.465 e. The van der Waals surface area contributed by atoms with Gasteiger partial charge in [0.25, 0.3) is 0 Å². The van der Waals surface area contributed by atoms with E-state index in [0.29, 0.717) is 12.6 Å². The zero-order valence-electron chi connectivity index (χ0n) is 12.4. The molecule has 4 nitrogen and oxygen atoms in total. The first-order valence-corrected chi connectivity index (χ1v) is 7.88. The molecule has 1 heterocycles. The molecule has 1 aliphatic heterocycles. The topological polar surface area (TPSA) is 41.6 Å². The highest BCUT2D eigenvalue weighted by Gasteiger charge is 2.44. The van der Waals surface area contributed by atoms with E-state index in [1.54, 1.807) is 0 Å². The third-order valence-electron chi connectivity index (χ3n) is 4.56. The van der Waals surface area contributed by atoms with E-state index in [-0.39, 0.29) is 5.97 Å². The molecule has 0 amide bonds. The molecule has 1 saturated carbocycles. The first-order chi connectivity index (χ1) is 9.22. The molecular weight excluding hydrogens is 240 g/mol. The summed E-state index contributed by atoms with van der Waals surface area (Å²) in [7, 11) is 0. The van der Waals surface area contributed by atoms with E-state index in [9.17, 15) is 4.79 Å². The maximum atomic E-state index is 12.4. The summed E-state index contributed by atoms with van der Waals surface area (Å²) in [6, 6.07) is 0.555. The summed E-state index contributed by atoms with van der Waals surface area (Å²) in [5.74, 6) is -0.0410. The lowest BCUT2D eigenvalue weighted by molar-refractivity contribution is -0.153. The summed E-state index contributed by atoms with van der Waals surface area (Å²) in [6.07, 6.45) is 6.80. The van der Waals surface area contributed by atoms with Crippen LogP contribution in [0.2, 0.25) is 0 Å². The molecule has 4 heteroatoms. The lowest BCUT2D eigenvalue weighted by Crippen LogP contribution is -2.58. The van der Waals surface area contributed by atoms with Crippen molar-refractivity contribution in [2.45, 2.75) is 64.0 Å². The van der Waals surface area contributed by atoms with Crippen molar-refractivity contribution in [2.24, 2.45) is 0 Å². The normalized spacial score (nSPS) is 32.4. The smallest absolute Gasteiger partial charge is 0.326 e. The Hall–Kier alpha value is -0.610. The van der Waals surface area contributed by atoms with Gasteiger partial charge in [-0.1, -0.05) is 6.92 Å². The van der Waals surface area contributed by atoms with Gasteiger partial charge in [-0.3, -0.25) is 4.79 Å². The Morgan fingerprint density at radius 2 is 2.05 bits per heavy atom. The monoisotopic (exact) mass is 268 g/mol. The van der Waals surface area contributed by atoms with Crippen molar-refractivity contribution >= 4 is 5.97 Å². The second-order valence-electron chi connectivity index (χ2n) is 5.83. The predicted molar refractivity (Wildman–Crippen MR) is 76.1 cm³/mol. The fraction of sp³-hybridized carbons (Fsp3) is 0.933. The van der Waals surface area contributed by atoms with Crippen LogP contribution in [-0.2, 0) is 9.53 Å². The van der Waals surface area contributed by atoms with Crippen LogP contribution in [0.15, 0.2) is 0 Å². The van der Waals surface area contributed by atoms with Crippen molar-refractivity contribution in [3.8, 4) is 0 Å². The third-order valence-corrected chi connectivity index (χ3v) is 4.56. The van der Waals surface area contributed by atoms with Gasteiger partial charge in [-0.05, 0) is 65.1 Å². The van der Waals surface area contributed by atoms with Gasteiger partial charge in [0.1, 0.15) is 5.54 Å². The molecule has 2 unspecified atom stereocenters. The fourth-order valence-electron chi connectivity index (χ4n) is 3.69. The molecule has 0 bridgehead atoms. The number of likely N-dealkylation sites (tertiary alicyclic amines) is 1. The Morgan fingerprint density at radius 1 is 1.32 bits per heavy atom. The lowest BCUT2D eigenvalue weighted by atomic mass is 9.78. The van der Waals surface area contributed by atoms with Gasteiger partial charge >= 0.3 is 5.97 Å². The molecule has 2 atom stereocenters. The summed E-state index contributed by atoms with van der Waals surface area (Å²) in [4.78, 5) is 14.9. The Bertz CT molecular complexity index is 299. The Kier molecular flexibility index (Phi) is 5.22. The van der Waals surface area contributed by atoms with Crippen molar-refractivity contribution in [3.05, 3.63) is 0 Å². The Labute approximate surface area is 116 Å². The number of carbonyl (C=O) groups excluding carboxylic acids is 1. The van der Waals surface area contributed by atoms with Gasteiger partial charge in [0, 0.05) is 6.04 Å². The van der Waals surface area contributed by atoms with Crippen LogP contribution in [-0.4, -0.2) is 48.7 Å². The molecule has 0 radical (unpaired) electrons. The molecule has 1 saturated heterocycles. The maximum Gasteiger partial charge on any atom is 0.326 e. The van der Waals surface area contributed by atoms with Gasteiger partial charge in [0.05, 0.1) is 6.61 Å². The molecule has 1 N–H and O–H groups in total. The minimum absolute atomic E-state index is 0.0410. The number of carbonyl (C=O) groups is 1. The molecular formula is C15H28N2O2. The predicted octanol–water partition coefficient (Wildman–Crippen LogP) is 1.94. The molecule has 2 rings (SSSR count). The van der Waals surface area contributed by atoms with E-state index in [1.165, 1.54) is 32.4 Å². The van der Waals surface area contributed by atoms with Crippen LogP contribution >= 0.6 is 0 Å². The number of esters is 1. The van der Waals surface area contributed by atoms with E-state index in [2.05, 4.69) is 17.1 Å². The molecule has 0 aromatic carbocycles. The van der Waals surface area contributed by atoms with Crippen molar-refractivity contribution < 1.29 is 9.53 Å². The Morgan fingerprint density at radius 3 is 2.68 bits per heavy atom. The average molecular weight is 268 g/mol. The number of hydrogen-bond acceptors (Lipinski definition) is 4. The largest absolute Gasteiger partial charge is 0.465 e. The molecule has 0 aromatic rings. The van der Waals surface area contributed by atoms with E-state index in [4.69, 9.17) is 4.74 Å². The van der Waals surface area contributed by atoms with E-state index < -0.39 is 5.54 Å². The lowest BCUT2D eigenvalue weighted by Gasteiger charge is -2.42. The van der Waals surface area contributed by atoms with E-state index >= 15 is 0 Å². The highest BCUT2D eigenvalue weighted by atomic mass is 16.5. The highest BCUT2D eigenvalue weighted by molar-refractivity contribution is 5.81. The van der Waals surface area contributed by atoms with Crippen molar-refractivity contribution in [3.63, 3.8) is 0 Å². The number of likely N-dealkylation sites (N-methyl/N-ethyl adjacent to an activating group) is 1. The number of nitrogens with zero attached hydrogens (tertiary/aromatic N) is 1. The number of hydrogen-bond donors (Lipinski definition) is 1. The van der Waals surface area contributed by atoms with Crippen LogP contribution in [0.25, 0.3) is 0 Å². The average Bonchev–Trinajstić information content (AvgIpc) is 2.93. The summed E-state index contributed by atoms with van der Waals surface area (Å²) < 4.78 is 5.33. The number of nitrogens with one attached hydrogen (secondary N) is 1. The number of rotatable bonds is 5. The molecule has 19 heavy (non-hydrogen) atoms. The van der Waals surface area contributed by atoms with Crippen LogP contribution in [0, 0.1) is 0 Å². The van der Waals surface area contributed by atoms with E-state index in [1.807, 2.05) is 6.92 Å². The third kappa shape index (κ3) is 3.29. The summed E-state index contributed by atoms with van der Waals surface area (Å²) in [6.45, 7) is 7.66. The Balaban J connectivity index is 2.06. The van der Waals surface area contributed by atoms with E-state index in [0.717, 1.165) is 25.8 Å². The van der Waals surface area contributed by atoms with Gasteiger partial charge in [-0.2, -0.15) is 0 Å². The van der Waals surface area contributed by atoms with Crippen molar-refractivity contribution in [2.75, 3.05) is 26.2 Å². The second kappa shape index (κ2) is 6.71. The standard InChI is InChI=1S/C15H28N2O2/c1-3-16-15(14(18)19-4-2)9-7-8-13(12-15)17-10-5-6-11-17/h13,16H,3-12H2,1-2H3. The summed E-state index contributed by atoms with van der Waals surface area (Å²) >= 11 is 0. The quantitative estimate of drug-likeness (QED) is 0.774. The van der Waals surface area contributed by atoms with Crippen LogP contribution in [0.5, 0.6) is 0 Å². The molecule has 2 fully saturated rings. The molecule has 0 spiro atoms. The number of ether oxygens (including phenoxy) is 1. The second-order valence-corrected chi connectivity index (χ2v) is 5.83. The zero-order valence-corrected chi connectivity index (χ0v) is 12.4. The van der Waals surface area contributed by atoms with Crippen LogP contribution in [0.3, 0.4) is 0 Å². The first-order valence-electron chi connectivity index (χ1n) is 7.88. The van der Waals surface area contributed by atoms with Gasteiger partial charge in [0.2, 0.25) is 0 Å². The summed E-state index contributed by atoms with van der Waals surface area (Å²) in [5, 5.41) is 3.43. The maximum absolute atomic E-state index is 12.4. The minimum atomic E-state index is -0.434. The fourth-order valence-corrected chi connectivity index (χ4v) is 3.69. The van der Waals surface area contributed by atoms with Crippen LogP contribution in [0.4, 0.5) is 0 Å². The highest BCUT2D eigenvalue weighted by Crippen LogP contribution is 2.33. The van der Waals surface area contributed by atoms with Gasteiger partial charge in [-0.15, -0.1) is 0 Å². The molecule has 1 aliphatic carbocycles. The van der Waals surface area contributed by atoms with Gasteiger partial charge in [-0.25, -0.2) is 0 Å².